The Balaban J connectivity index is 1.80. The van der Waals surface area contributed by atoms with Crippen molar-refractivity contribution in [3.05, 3.63) is 0 Å². The van der Waals surface area contributed by atoms with E-state index in [9.17, 15) is 0 Å². The molecule has 0 atom stereocenters. The Hall–Kier alpha value is -2.12. The number of hydrogen-bond acceptors (Lipinski definition) is 7. The summed E-state index contributed by atoms with van der Waals surface area (Å²) in [6.45, 7) is 1.94. The molecule has 0 radical (unpaired) electrons. The lowest BCUT2D eigenvalue weighted by Gasteiger charge is -2.16. The Bertz CT molecular complexity index is 512. The predicted octanol–water partition coefficient (Wildman–Crippen LogP) is 0.817. The number of nitrogens with two attached hydrogens (primary N) is 1. The molecule has 8 heteroatoms. The first-order valence-electron chi connectivity index (χ1n) is 6.10. The van der Waals surface area contributed by atoms with E-state index in [0.29, 0.717) is 17.7 Å². The van der Waals surface area contributed by atoms with Crippen LogP contribution in [0.3, 0.4) is 0 Å². The van der Waals surface area contributed by atoms with Gasteiger partial charge in [0.2, 0.25) is 11.8 Å². The van der Waals surface area contributed by atoms with Gasteiger partial charge < -0.3 is 15.2 Å². The number of nitrogens with zero attached hydrogens (tertiary/aromatic N) is 5. The Morgan fingerprint density at radius 3 is 2.56 bits per heavy atom. The molecule has 0 unspecified atom stereocenters. The Morgan fingerprint density at radius 2 is 1.89 bits per heavy atom. The fourth-order valence-electron chi connectivity index (χ4n) is 2.08. The normalized spacial score (nSPS) is 16.8. The Kier molecular flexibility index (Phi) is 2.83. The highest BCUT2D eigenvalue weighted by atomic mass is 16.5. The minimum absolute atomic E-state index is 0.166. The molecule has 2 aromatic heterocycles. The van der Waals surface area contributed by atoms with Crippen LogP contribution in [-0.2, 0) is 0 Å². The minimum atomic E-state index is 0.166. The lowest BCUT2D eigenvalue weighted by atomic mass is 10.2. The average Bonchev–Trinajstić information content (AvgIpc) is 2.92. The van der Waals surface area contributed by atoms with Gasteiger partial charge in [0.25, 0.3) is 11.8 Å². The molecule has 0 amide bonds. The zero-order valence-electron chi connectivity index (χ0n) is 9.96. The summed E-state index contributed by atoms with van der Waals surface area (Å²) >= 11 is 0. The first-order valence-corrected chi connectivity index (χ1v) is 6.10. The molecule has 0 spiro atoms. The molecule has 18 heavy (non-hydrogen) atoms. The minimum Gasteiger partial charge on any atom is -0.366 e. The van der Waals surface area contributed by atoms with Gasteiger partial charge in [-0.1, -0.05) is 12.8 Å². The second-order valence-corrected chi connectivity index (χ2v) is 4.34. The molecule has 3 heterocycles. The van der Waals surface area contributed by atoms with Crippen LogP contribution >= 0.6 is 0 Å². The molecule has 1 aliphatic rings. The lowest BCUT2D eigenvalue weighted by Crippen LogP contribution is -2.24. The summed E-state index contributed by atoms with van der Waals surface area (Å²) in [5.41, 5.74) is 5.43. The van der Waals surface area contributed by atoms with Crippen molar-refractivity contribution in [1.29, 1.82) is 0 Å². The molecule has 2 aromatic rings. The van der Waals surface area contributed by atoms with E-state index < -0.39 is 0 Å². The smallest absolute Gasteiger partial charge is 0.296 e. The van der Waals surface area contributed by atoms with E-state index >= 15 is 0 Å². The van der Waals surface area contributed by atoms with Crippen LogP contribution in [0.25, 0.3) is 11.7 Å². The van der Waals surface area contributed by atoms with Crippen molar-refractivity contribution < 1.29 is 4.52 Å². The summed E-state index contributed by atoms with van der Waals surface area (Å²) < 4.78 is 5.17. The van der Waals surface area contributed by atoms with Crippen LogP contribution in [0.1, 0.15) is 25.7 Å². The number of rotatable bonds is 2. The Labute approximate surface area is 104 Å². The van der Waals surface area contributed by atoms with Crippen LogP contribution in [0, 0.1) is 0 Å². The van der Waals surface area contributed by atoms with Gasteiger partial charge in [0.15, 0.2) is 0 Å². The molecular formula is C10H15N7O. The van der Waals surface area contributed by atoms with Crippen LogP contribution in [0.2, 0.25) is 0 Å². The highest BCUT2D eigenvalue weighted by Crippen LogP contribution is 2.19. The van der Waals surface area contributed by atoms with Crippen molar-refractivity contribution in [1.82, 2.24) is 25.3 Å². The van der Waals surface area contributed by atoms with Gasteiger partial charge in [-0.25, -0.2) is 0 Å². The molecule has 1 saturated heterocycles. The average molecular weight is 249 g/mol. The summed E-state index contributed by atoms with van der Waals surface area (Å²) in [4.78, 5) is 10.4. The number of aromatic amines is 1. The first kappa shape index (κ1) is 11.0. The van der Waals surface area contributed by atoms with Crippen molar-refractivity contribution in [2.24, 2.45) is 0 Å². The summed E-state index contributed by atoms with van der Waals surface area (Å²) in [6.07, 6.45) is 4.86. The quantitative estimate of drug-likeness (QED) is 0.810. The third-order valence-corrected chi connectivity index (χ3v) is 3.01. The molecule has 8 nitrogen and oxygen atoms in total. The van der Waals surface area contributed by atoms with E-state index in [0.717, 1.165) is 13.1 Å². The number of H-pyrrole nitrogens is 1. The maximum Gasteiger partial charge on any atom is 0.296 e. The number of anilines is 2. The molecule has 3 N–H and O–H groups in total. The molecule has 0 aromatic carbocycles. The van der Waals surface area contributed by atoms with Crippen molar-refractivity contribution in [3.8, 4) is 11.7 Å². The highest BCUT2D eigenvalue weighted by Gasteiger charge is 2.18. The largest absolute Gasteiger partial charge is 0.366 e. The second kappa shape index (κ2) is 4.63. The van der Waals surface area contributed by atoms with Crippen LogP contribution < -0.4 is 10.6 Å². The van der Waals surface area contributed by atoms with E-state index in [2.05, 4.69) is 30.2 Å². The van der Waals surface area contributed by atoms with Gasteiger partial charge in [-0.3, -0.25) is 5.10 Å². The maximum absolute atomic E-state index is 5.43. The van der Waals surface area contributed by atoms with Gasteiger partial charge in [-0.05, 0) is 18.0 Å². The van der Waals surface area contributed by atoms with E-state index in [-0.39, 0.29) is 5.95 Å². The maximum atomic E-state index is 5.43. The van der Waals surface area contributed by atoms with Crippen LogP contribution in [0.5, 0.6) is 0 Å². The SMILES string of the molecule is Nc1n[nH]c(-c2nc(N3CCCCCC3)no2)n1. The molecule has 0 saturated carbocycles. The van der Waals surface area contributed by atoms with E-state index in [1.165, 1.54) is 25.7 Å². The van der Waals surface area contributed by atoms with E-state index in [1.54, 1.807) is 0 Å². The molecule has 0 bridgehead atoms. The van der Waals surface area contributed by atoms with Crippen molar-refractivity contribution in [3.63, 3.8) is 0 Å². The molecule has 1 fully saturated rings. The number of hydrogen-bond donors (Lipinski definition) is 2. The standard InChI is InChI=1S/C10H15N7O/c11-9-12-7(14-15-9)8-13-10(16-18-8)17-5-3-1-2-4-6-17/h1-6H2,(H3,11,12,14,15). The van der Waals surface area contributed by atoms with Crippen molar-refractivity contribution >= 4 is 11.9 Å². The van der Waals surface area contributed by atoms with Crippen LogP contribution in [0.15, 0.2) is 4.52 Å². The zero-order valence-corrected chi connectivity index (χ0v) is 9.96. The third kappa shape index (κ3) is 2.13. The third-order valence-electron chi connectivity index (χ3n) is 3.01. The predicted molar refractivity (Wildman–Crippen MR) is 64.8 cm³/mol. The topological polar surface area (TPSA) is 110 Å². The molecular weight excluding hydrogens is 234 g/mol. The van der Waals surface area contributed by atoms with E-state index in [1.807, 2.05) is 0 Å². The number of nitrogen functional groups attached to an aromatic ring is 1. The van der Waals surface area contributed by atoms with Gasteiger partial charge in [0.05, 0.1) is 0 Å². The van der Waals surface area contributed by atoms with Gasteiger partial charge >= 0.3 is 0 Å². The molecule has 1 aliphatic heterocycles. The van der Waals surface area contributed by atoms with Gasteiger partial charge in [0, 0.05) is 13.1 Å². The summed E-state index contributed by atoms with van der Waals surface area (Å²) in [6, 6.07) is 0. The Morgan fingerprint density at radius 1 is 1.11 bits per heavy atom. The van der Waals surface area contributed by atoms with Crippen molar-refractivity contribution in [2.45, 2.75) is 25.7 Å². The first-order chi connectivity index (χ1) is 8.83. The molecule has 96 valence electrons. The molecule has 3 rings (SSSR count). The number of nitrogens with one attached hydrogen (secondary N) is 1. The fraction of sp³-hybridized carbons (Fsp3) is 0.600. The lowest BCUT2D eigenvalue weighted by molar-refractivity contribution is 0.426. The van der Waals surface area contributed by atoms with Gasteiger partial charge in [-0.2, -0.15) is 9.97 Å². The summed E-state index contributed by atoms with van der Waals surface area (Å²) in [7, 11) is 0. The van der Waals surface area contributed by atoms with Crippen LogP contribution in [0.4, 0.5) is 11.9 Å². The summed E-state index contributed by atoms with van der Waals surface area (Å²) in [5, 5.41) is 10.4. The van der Waals surface area contributed by atoms with Gasteiger partial charge in [-0.15, -0.1) is 5.10 Å². The monoisotopic (exact) mass is 249 g/mol. The van der Waals surface area contributed by atoms with Crippen LogP contribution in [-0.4, -0.2) is 38.4 Å². The second-order valence-electron chi connectivity index (χ2n) is 4.34. The molecule has 0 aliphatic carbocycles. The number of aromatic nitrogens is 5. The van der Waals surface area contributed by atoms with Crippen molar-refractivity contribution in [2.75, 3.05) is 23.7 Å². The van der Waals surface area contributed by atoms with E-state index in [4.69, 9.17) is 10.3 Å². The van der Waals surface area contributed by atoms with Gasteiger partial charge in [0.1, 0.15) is 0 Å². The zero-order chi connectivity index (χ0) is 12.4. The highest BCUT2D eigenvalue weighted by molar-refractivity contribution is 5.45. The summed E-state index contributed by atoms with van der Waals surface area (Å²) in [5.74, 6) is 1.50. The fourth-order valence-corrected chi connectivity index (χ4v) is 2.08.